The Morgan fingerprint density at radius 1 is 1.05 bits per heavy atom. The number of hydrogen-bond donors (Lipinski definition) is 1. The molecule has 1 fully saturated rings. The fourth-order valence-electron chi connectivity index (χ4n) is 2.13. The highest BCUT2D eigenvalue weighted by atomic mass is 32.2. The van der Waals surface area contributed by atoms with Gasteiger partial charge in [-0.15, -0.1) is 0 Å². The van der Waals surface area contributed by atoms with Gasteiger partial charge in [0.1, 0.15) is 11.5 Å². The molecule has 0 aromatic heterocycles. The summed E-state index contributed by atoms with van der Waals surface area (Å²) in [6.45, 7) is 6.45. The molecule has 1 aliphatic heterocycles. The van der Waals surface area contributed by atoms with Crippen molar-refractivity contribution in [3.8, 4) is 0 Å². The van der Waals surface area contributed by atoms with E-state index in [4.69, 9.17) is 0 Å². The minimum atomic E-state index is -0.818. The summed E-state index contributed by atoms with van der Waals surface area (Å²) < 4.78 is 0. The van der Waals surface area contributed by atoms with E-state index in [0.29, 0.717) is 39.3 Å². The summed E-state index contributed by atoms with van der Waals surface area (Å²) in [5, 5.41) is 9.64. The van der Waals surface area contributed by atoms with Crippen molar-refractivity contribution in [1.29, 1.82) is 0 Å². The predicted octanol–water partition coefficient (Wildman–Crippen LogP) is -0.607. The molecule has 0 aromatic rings. The van der Waals surface area contributed by atoms with Crippen LogP contribution in [0.5, 0.6) is 0 Å². The first-order valence-corrected chi connectivity index (χ1v) is 8.19. The molecule has 1 heterocycles. The van der Waals surface area contributed by atoms with Crippen molar-refractivity contribution in [3.05, 3.63) is 0 Å². The van der Waals surface area contributed by atoms with Gasteiger partial charge in [0.25, 0.3) is 0 Å². The maximum absolute atomic E-state index is 12.1. The molecule has 0 bridgehead atoms. The van der Waals surface area contributed by atoms with E-state index in [-0.39, 0.29) is 11.1 Å². The van der Waals surface area contributed by atoms with Crippen molar-refractivity contribution in [3.63, 3.8) is 0 Å². The summed E-state index contributed by atoms with van der Waals surface area (Å²) in [6.07, 6.45) is -0.600. The maximum Gasteiger partial charge on any atom is 0.219 e. The van der Waals surface area contributed by atoms with Crippen LogP contribution in [0.1, 0.15) is 13.8 Å². The Balaban J connectivity index is 2.85. The Morgan fingerprint density at radius 3 is 1.95 bits per heavy atom. The highest BCUT2D eigenvalue weighted by Gasteiger charge is 2.19. The average Bonchev–Trinajstić information content (AvgIpc) is 2.47. The summed E-state index contributed by atoms with van der Waals surface area (Å²) in [4.78, 5) is 28.9. The third-order valence-electron chi connectivity index (χ3n) is 3.43. The zero-order valence-corrected chi connectivity index (χ0v) is 13.1. The molecule has 20 heavy (non-hydrogen) atoms. The molecule has 0 radical (unpaired) electrons. The van der Waals surface area contributed by atoms with Crippen LogP contribution in [0.4, 0.5) is 4.79 Å². The molecule has 0 aromatic carbocycles. The average molecular weight is 302 g/mol. The lowest BCUT2D eigenvalue weighted by atomic mass is 10.4. The van der Waals surface area contributed by atoms with Crippen molar-refractivity contribution >= 4 is 33.0 Å². The number of aliphatic hydroxyl groups excluding tert-OH is 1. The van der Waals surface area contributed by atoms with Crippen LogP contribution in [-0.4, -0.2) is 88.2 Å². The van der Waals surface area contributed by atoms with E-state index >= 15 is 0 Å². The summed E-state index contributed by atoms with van der Waals surface area (Å²) in [7, 11) is -0.818. The first-order valence-electron chi connectivity index (χ1n) is 6.63. The van der Waals surface area contributed by atoms with Crippen molar-refractivity contribution < 1.29 is 14.7 Å². The van der Waals surface area contributed by atoms with Gasteiger partial charge in [0.05, 0.1) is 0 Å². The minimum absolute atomic E-state index is 0.0203. The Bertz CT molecular complexity index is 427. The molecule has 6 nitrogen and oxygen atoms in total. The molecule has 0 spiro atoms. The number of nitrogens with zero attached hydrogens (tertiary/aromatic N) is 3. The molecule has 2 amide bonds. The van der Waals surface area contributed by atoms with Crippen molar-refractivity contribution in [1.82, 2.24) is 14.7 Å². The molecule has 1 saturated heterocycles. The molecule has 7 heteroatoms. The quantitative estimate of drug-likeness (QED) is 0.519. The van der Waals surface area contributed by atoms with Crippen molar-refractivity contribution in [2.24, 2.45) is 0 Å². The normalized spacial score (nSPS) is 20.2. The fourth-order valence-corrected chi connectivity index (χ4v) is 2.68. The molecule has 1 N–H and O–H groups in total. The highest BCUT2D eigenvalue weighted by Crippen LogP contribution is 2.04. The number of hydrogen-bond acceptors (Lipinski definition) is 5. The summed E-state index contributed by atoms with van der Waals surface area (Å²) in [6, 6.07) is 0. The third-order valence-corrected chi connectivity index (χ3v) is 4.19. The minimum Gasteiger partial charge on any atom is -0.402 e. The monoisotopic (exact) mass is 302 g/mol. The lowest BCUT2D eigenvalue weighted by molar-refractivity contribution is -0.129. The molecule has 0 saturated carbocycles. The number of amides is 2. The van der Waals surface area contributed by atoms with E-state index in [1.54, 1.807) is 16.7 Å². The van der Waals surface area contributed by atoms with Gasteiger partial charge in [0.15, 0.2) is 0 Å². The SMILES string of the molecule is C=[S-](=C)C(=O)N1CCN(C(C)=O)CCN(C(C)O)CC1. The number of carbonyl (C=O) groups is 2. The Hall–Kier alpha value is -1.05. The molecule has 1 atom stereocenters. The van der Waals surface area contributed by atoms with Crippen LogP contribution in [0.25, 0.3) is 0 Å². The van der Waals surface area contributed by atoms with E-state index in [9.17, 15) is 14.7 Å². The first kappa shape index (κ1) is 17.0. The molecule has 0 aliphatic carbocycles. The van der Waals surface area contributed by atoms with E-state index in [1.807, 2.05) is 4.90 Å². The molecule has 1 rings (SSSR count). The molecule has 1 unspecified atom stereocenters. The van der Waals surface area contributed by atoms with E-state index < -0.39 is 16.3 Å². The lowest BCUT2D eigenvalue weighted by Gasteiger charge is -2.29. The van der Waals surface area contributed by atoms with Gasteiger partial charge in [-0.1, -0.05) is 0 Å². The van der Waals surface area contributed by atoms with Crippen molar-refractivity contribution in [2.75, 3.05) is 39.3 Å². The first-order chi connectivity index (χ1) is 9.32. The van der Waals surface area contributed by atoms with Gasteiger partial charge >= 0.3 is 0 Å². The van der Waals surface area contributed by atoms with Gasteiger partial charge in [-0.3, -0.25) is 9.69 Å². The summed E-state index contributed by atoms with van der Waals surface area (Å²) in [5.74, 6) is 7.34. The number of aliphatic hydroxyl groups is 1. The second kappa shape index (κ2) is 7.66. The summed E-state index contributed by atoms with van der Waals surface area (Å²) >= 11 is 0. The lowest BCUT2D eigenvalue weighted by Crippen LogP contribution is -2.42. The number of carbonyl (C=O) groups excluding carboxylic acids is 2. The van der Waals surface area contributed by atoms with Gasteiger partial charge in [-0.05, 0) is 6.92 Å². The standard InChI is InChI=1S/C13H24N3O3S/c1-11(17)14-5-6-15(12(2)18)8-10-16(9-7-14)13(19)20(3)4/h11,17H,3-10H2,1-2H3/q-1. The predicted molar refractivity (Wildman–Crippen MR) is 84.1 cm³/mol. The van der Waals surface area contributed by atoms with E-state index in [1.165, 1.54) is 6.92 Å². The maximum atomic E-state index is 12.1. The van der Waals surface area contributed by atoms with Crippen LogP contribution in [0.15, 0.2) is 0 Å². The van der Waals surface area contributed by atoms with Gasteiger partial charge in [0, 0.05) is 46.2 Å². The van der Waals surface area contributed by atoms with Gasteiger partial charge < -0.3 is 29.8 Å². The van der Waals surface area contributed by atoms with Crippen LogP contribution in [-0.2, 0) is 14.9 Å². The zero-order chi connectivity index (χ0) is 15.3. The Morgan fingerprint density at radius 2 is 1.50 bits per heavy atom. The number of rotatable bonds is 1. The third kappa shape index (κ3) is 4.81. The molecular weight excluding hydrogens is 278 g/mol. The van der Waals surface area contributed by atoms with Gasteiger partial charge in [0.2, 0.25) is 5.91 Å². The topological polar surface area (TPSA) is 64.1 Å². The van der Waals surface area contributed by atoms with Gasteiger partial charge in [-0.2, -0.15) is 0 Å². The second-order valence-corrected chi connectivity index (χ2v) is 6.25. The highest BCUT2D eigenvalue weighted by molar-refractivity contribution is 8.05. The Labute approximate surface area is 122 Å². The fraction of sp³-hybridized carbons (Fsp3) is 0.692. The second-order valence-electron chi connectivity index (χ2n) is 4.92. The van der Waals surface area contributed by atoms with E-state index in [2.05, 4.69) is 11.7 Å². The molecule has 116 valence electrons. The summed E-state index contributed by atoms with van der Waals surface area (Å²) in [5.41, 5.74) is 0. The molecular formula is C13H24N3O3S-. The zero-order valence-electron chi connectivity index (χ0n) is 12.2. The Kier molecular flexibility index (Phi) is 6.51. The van der Waals surface area contributed by atoms with Crippen LogP contribution < -0.4 is 0 Å². The van der Waals surface area contributed by atoms with Crippen LogP contribution >= 0.6 is 0 Å². The smallest absolute Gasteiger partial charge is 0.219 e. The van der Waals surface area contributed by atoms with E-state index in [0.717, 1.165) is 0 Å². The molecule has 1 aliphatic rings. The van der Waals surface area contributed by atoms with Crippen LogP contribution in [0.3, 0.4) is 0 Å². The van der Waals surface area contributed by atoms with Crippen LogP contribution in [0, 0.1) is 0 Å². The largest absolute Gasteiger partial charge is 0.402 e. The van der Waals surface area contributed by atoms with Gasteiger partial charge in [-0.25, -0.2) is 11.7 Å². The van der Waals surface area contributed by atoms with Crippen LogP contribution in [0.2, 0.25) is 0 Å². The van der Waals surface area contributed by atoms with Crippen molar-refractivity contribution in [2.45, 2.75) is 20.1 Å².